The van der Waals surface area contributed by atoms with Crippen LogP contribution in [-0.4, -0.2) is 81.7 Å². The molecule has 3 heterocycles. The predicted octanol–water partition coefficient (Wildman–Crippen LogP) is 4.02. The largest absolute Gasteiger partial charge is 0.492 e. The van der Waals surface area contributed by atoms with Crippen molar-refractivity contribution < 1.29 is 28.7 Å². The topological polar surface area (TPSA) is 146 Å². The molecule has 5 rings (SSSR count). The number of benzene rings is 2. The van der Waals surface area contributed by atoms with Gasteiger partial charge in [0, 0.05) is 43.9 Å². The average Bonchev–Trinajstić information content (AvgIpc) is 3.62. The summed E-state index contributed by atoms with van der Waals surface area (Å²) < 4.78 is 16.2. The van der Waals surface area contributed by atoms with Gasteiger partial charge in [-0.3, -0.25) is 19.7 Å². The molecular weight excluding hydrogens is 528 g/mol. The highest BCUT2D eigenvalue weighted by molar-refractivity contribution is 6.04. The van der Waals surface area contributed by atoms with Crippen molar-refractivity contribution in [1.29, 1.82) is 0 Å². The maximum absolute atomic E-state index is 12.7. The van der Waals surface area contributed by atoms with Crippen molar-refractivity contribution in [2.75, 3.05) is 44.8 Å². The molecule has 41 heavy (non-hydrogen) atoms. The van der Waals surface area contributed by atoms with E-state index in [0.717, 1.165) is 44.0 Å². The summed E-state index contributed by atoms with van der Waals surface area (Å²) in [6.45, 7) is 6.84. The molecule has 1 saturated heterocycles. The summed E-state index contributed by atoms with van der Waals surface area (Å²) in [7, 11) is 0. The predicted molar refractivity (Wildman–Crippen MR) is 150 cm³/mol. The lowest BCUT2D eigenvalue weighted by Gasteiger charge is -2.26. The molecule has 3 N–H and O–H groups in total. The summed E-state index contributed by atoms with van der Waals surface area (Å²) in [4.78, 5) is 28.0. The van der Waals surface area contributed by atoms with E-state index in [-0.39, 0.29) is 19.0 Å². The molecule has 2 amide bonds. The third kappa shape index (κ3) is 7.71. The van der Waals surface area contributed by atoms with E-state index in [1.807, 2.05) is 24.3 Å². The molecule has 0 atom stereocenters. The third-order valence-corrected chi connectivity index (χ3v) is 6.65. The van der Waals surface area contributed by atoms with E-state index in [0.29, 0.717) is 40.9 Å². The fraction of sp³-hybridized carbons (Fsp3) is 0.310. The van der Waals surface area contributed by atoms with Gasteiger partial charge in [0.05, 0.1) is 25.5 Å². The van der Waals surface area contributed by atoms with Crippen molar-refractivity contribution in [2.45, 2.75) is 20.0 Å². The van der Waals surface area contributed by atoms with Crippen molar-refractivity contribution in [2.24, 2.45) is 0 Å². The molecule has 214 valence electrons. The number of aromatic nitrogens is 3. The highest BCUT2D eigenvalue weighted by atomic mass is 16.5. The third-order valence-electron chi connectivity index (χ3n) is 6.65. The number of hydrogen-bond donors (Lipinski definition) is 3. The minimum Gasteiger partial charge on any atom is -0.492 e. The highest BCUT2D eigenvalue weighted by Crippen LogP contribution is 2.22. The number of aryl methyl sites for hydroxylation is 1. The zero-order valence-corrected chi connectivity index (χ0v) is 22.7. The van der Waals surface area contributed by atoms with E-state index in [1.165, 1.54) is 4.90 Å². The van der Waals surface area contributed by atoms with Gasteiger partial charge in [-0.15, -0.1) is 0 Å². The fourth-order valence-corrected chi connectivity index (χ4v) is 4.43. The van der Waals surface area contributed by atoms with E-state index < -0.39 is 6.09 Å². The monoisotopic (exact) mass is 560 g/mol. The zero-order valence-electron chi connectivity index (χ0n) is 22.7. The number of nitrogens with zero attached hydrogens (tertiary/aromatic N) is 4. The quantitative estimate of drug-likeness (QED) is 0.248. The summed E-state index contributed by atoms with van der Waals surface area (Å²) in [6.07, 6.45) is -1.05. The normalized spacial score (nSPS) is 13.6. The fourth-order valence-electron chi connectivity index (χ4n) is 4.43. The van der Waals surface area contributed by atoms with E-state index in [2.05, 4.69) is 25.6 Å². The standard InChI is InChI=1S/C29H32N6O6/c1-20-16-24(33-41-20)19-35(29(37)38)18-21-2-4-22(5-3-21)26-17-27(32-31-26)30-28(36)23-6-8-25(9-7-23)40-15-12-34-10-13-39-14-11-34/h2-9,16-17H,10-15,18-19H2,1H3,(H,37,38)(H2,30,31,32,36). The lowest BCUT2D eigenvalue weighted by Crippen LogP contribution is -2.38. The Hall–Kier alpha value is -4.68. The van der Waals surface area contributed by atoms with Gasteiger partial charge in [-0.25, -0.2) is 4.79 Å². The van der Waals surface area contributed by atoms with Crippen LogP contribution in [0.4, 0.5) is 10.6 Å². The number of anilines is 1. The second kappa shape index (κ2) is 13.1. The van der Waals surface area contributed by atoms with Crippen LogP contribution in [0, 0.1) is 6.92 Å². The minimum absolute atomic E-state index is 0.128. The summed E-state index contributed by atoms with van der Waals surface area (Å²) in [6, 6.07) is 17.9. The van der Waals surface area contributed by atoms with Crippen LogP contribution in [0.2, 0.25) is 0 Å². The molecular formula is C29H32N6O6. The van der Waals surface area contributed by atoms with Crippen LogP contribution in [0.5, 0.6) is 5.75 Å². The molecule has 1 aliphatic heterocycles. The Kier molecular flexibility index (Phi) is 8.92. The number of ether oxygens (including phenoxy) is 2. The van der Waals surface area contributed by atoms with Crippen LogP contribution in [0.3, 0.4) is 0 Å². The second-order valence-corrected chi connectivity index (χ2v) is 9.71. The van der Waals surface area contributed by atoms with Crippen LogP contribution in [0.15, 0.2) is 65.2 Å². The molecule has 2 aromatic carbocycles. The van der Waals surface area contributed by atoms with E-state index in [9.17, 15) is 14.7 Å². The molecule has 0 aliphatic carbocycles. The first-order valence-electron chi connectivity index (χ1n) is 13.3. The number of carbonyl (C=O) groups is 2. The molecule has 0 saturated carbocycles. The Labute approximate surface area is 236 Å². The first kappa shape index (κ1) is 27.9. The Balaban J connectivity index is 1.12. The Morgan fingerprint density at radius 3 is 2.51 bits per heavy atom. The van der Waals surface area contributed by atoms with Gasteiger partial charge < -0.3 is 24.4 Å². The minimum atomic E-state index is -1.05. The van der Waals surface area contributed by atoms with Gasteiger partial charge in [-0.05, 0) is 42.3 Å². The first-order valence-corrected chi connectivity index (χ1v) is 13.3. The number of aromatic amines is 1. The molecule has 1 aliphatic rings. The van der Waals surface area contributed by atoms with Crippen LogP contribution in [0.25, 0.3) is 11.3 Å². The molecule has 0 bridgehead atoms. The van der Waals surface area contributed by atoms with Gasteiger partial charge >= 0.3 is 6.09 Å². The summed E-state index contributed by atoms with van der Waals surface area (Å²) in [5, 5.41) is 23.4. The first-order chi connectivity index (χ1) is 19.9. The van der Waals surface area contributed by atoms with Crippen molar-refractivity contribution in [1.82, 2.24) is 25.2 Å². The molecule has 12 nitrogen and oxygen atoms in total. The van der Waals surface area contributed by atoms with Gasteiger partial charge in [0.2, 0.25) is 0 Å². The van der Waals surface area contributed by atoms with Crippen LogP contribution in [0.1, 0.15) is 27.4 Å². The SMILES string of the molecule is Cc1cc(CN(Cc2ccc(-c3cc(NC(=O)c4ccc(OCCN5CCOCC5)cc4)n[nH]3)cc2)C(=O)O)no1. The lowest BCUT2D eigenvalue weighted by molar-refractivity contribution is 0.0322. The zero-order chi connectivity index (χ0) is 28.6. The average molecular weight is 561 g/mol. The van der Waals surface area contributed by atoms with E-state index in [1.54, 1.807) is 43.3 Å². The lowest BCUT2D eigenvalue weighted by atomic mass is 10.1. The van der Waals surface area contributed by atoms with Gasteiger partial charge in [-0.2, -0.15) is 5.10 Å². The number of H-pyrrole nitrogens is 1. The molecule has 0 unspecified atom stereocenters. The smallest absolute Gasteiger partial charge is 0.407 e. The summed E-state index contributed by atoms with van der Waals surface area (Å²) >= 11 is 0. The Bertz CT molecular complexity index is 1440. The summed E-state index contributed by atoms with van der Waals surface area (Å²) in [5.41, 5.74) is 3.41. The van der Waals surface area contributed by atoms with Crippen LogP contribution >= 0.6 is 0 Å². The number of hydrogen-bond acceptors (Lipinski definition) is 8. The number of amides is 2. The van der Waals surface area contributed by atoms with Gasteiger partial charge in [0.15, 0.2) is 5.82 Å². The molecule has 2 aromatic heterocycles. The Morgan fingerprint density at radius 2 is 1.83 bits per heavy atom. The van der Waals surface area contributed by atoms with Gasteiger partial charge in [-0.1, -0.05) is 29.4 Å². The van der Waals surface area contributed by atoms with Crippen LogP contribution in [-0.2, 0) is 17.8 Å². The number of carboxylic acid groups (broad SMARTS) is 1. The van der Waals surface area contributed by atoms with Crippen molar-refractivity contribution >= 4 is 17.8 Å². The van der Waals surface area contributed by atoms with E-state index in [4.69, 9.17) is 14.0 Å². The number of nitrogens with one attached hydrogen (secondary N) is 2. The second-order valence-electron chi connectivity index (χ2n) is 9.71. The molecule has 1 fully saturated rings. The van der Waals surface area contributed by atoms with Gasteiger partial charge in [0.25, 0.3) is 5.91 Å². The maximum Gasteiger partial charge on any atom is 0.407 e. The van der Waals surface area contributed by atoms with Crippen LogP contribution < -0.4 is 10.1 Å². The highest BCUT2D eigenvalue weighted by Gasteiger charge is 2.16. The Morgan fingerprint density at radius 1 is 1.07 bits per heavy atom. The number of carbonyl (C=O) groups excluding carboxylic acids is 1. The van der Waals surface area contributed by atoms with Crippen molar-refractivity contribution in [3.8, 4) is 17.0 Å². The molecule has 0 spiro atoms. The number of rotatable bonds is 11. The van der Waals surface area contributed by atoms with Crippen molar-refractivity contribution in [3.63, 3.8) is 0 Å². The number of morpholine rings is 1. The van der Waals surface area contributed by atoms with E-state index >= 15 is 0 Å². The summed E-state index contributed by atoms with van der Waals surface area (Å²) in [5.74, 6) is 1.44. The molecule has 0 radical (unpaired) electrons. The van der Waals surface area contributed by atoms with Gasteiger partial charge in [0.1, 0.15) is 23.8 Å². The molecule has 4 aromatic rings. The maximum atomic E-state index is 12.7. The molecule has 12 heteroatoms. The van der Waals surface area contributed by atoms with Crippen molar-refractivity contribution in [3.05, 3.63) is 83.2 Å².